The Morgan fingerprint density at radius 2 is 1.72 bits per heavy atom. The zero-order valence-corrected chi connectivity index (χ0v) is 27.0. The van der Waals surface area contributed by atoms with Gasteiger partial charge < -0.3 is 10.3 Å². The molecule has 0 radical (unpaired) electrons. The third kappa shape index (κ3) is 4.08. The number of benzene rings is 1. The Balaban J connectivity index is 1.41. The smallest absolute Gasteiger partial charge is 0.309 e. The number of allylic oxidation sites excluding steroid dienone is 2. The van der Waals surface area contributed by atoms with Gasteiger partial charge in [0.1, 0.15) is 0 Å². The molecule has 5 saturated carbocycles. The van der Waals surface area contributed by atoms with Crippen molar-refractivity contribution in [3.8, 4) is 0 Å². The summed E-state index contributed by atoms with van der Waals surface area (Å²) in [6.45, 7) is 18.2. The van der Waals surface area contributed by atoms with Crippen molar-refractivity contribution in [2.24, 2.45) is 56.7 Å². The average Bonchev–Trinajstić information content (AvgIpc) is 3.34. The van der Waals surface area contributed by atoms with Crippen LogP contribution in [0.15, 0.2) is 42.0 Å². The summed E-state index contributed by atoms with van der Waals surface area (Å²) in [6, 6.07) is 6.89. The first-order chi connectivity index (χ1) is 20.0. The first-order valence-electron chi connectivity index (χ1n) is 16.5. The second-order valence-corrected chi connectivity index (χ2v) is 16.5. The number of carbonyl (C=O) groups excluding carboxylic acids is 1. The summed E-state index contributed by atoms with van der Waals surface area (Å²) in [5.41, 5.74) is 1.80. The number of carboxylic acids is 1. The quantitative estimate of drug-likeness (QED) is 0.193. The van der Waals surface area contributed by atoms with Gasteiger partial charge in [0.2, 0.25) is 0 Å². The van der Waals surface area contributed by atoms with E-state index in [0.29, 0.717) is 18.3 Å². The first-order valence-corrected chi connectivity index (χ1v) is 16.5. The van der Waals surface area contributed by atoms with Crippen LogP contribution in [0.1, 0.15) is 105 Å². The number of hydrogen-bond acceptors (Lipinski definition) is 4. The van der Waals surface area contributed by atoms with Gasteiger partial charge in [0.25, 0.3) is 0 Å². The van der Waals surface area contributed by atoms with Crippen LogP contribution in [0.5, 0.6) is 0 Å². The van der Waals surface area contributed by atoms with Crippen LogP contribution in [0, 0.1) is 61.9 Å². The van der Waals surface area contributed by atoms with E-state index in [0.717, 1.165) is 68.1 Å². The molecular formula is C37H51NO5. The van der Waals surface area contributed by atoms with E-state index in [-0.39, 0.29) is 45.5 Å². The van der Waals surface area contributed by atoms with Gasteiger partial charge in [0.05, 0.1) is 5.41 Å². The number of hydrogen-bond donors (Lipinski definition) is 3. The highest BCUT2D eigenvalue weighted by Crippen LogP contribution is 2.77. The second kappa shape index (κ2) is 9.86. The van der Waals surface area contributed by atoms with Crippen LogP contribution in [0.2, 0.25) is 0 Å². The molecule has 0 aromatic heterocycles. The number of nitrogens with one attached hydrogen (secondary N) is 1. The SMILES string of the molecule is C=C(C)[C@H]1CC[C@@]2(C(=O)O)CC[C@]3(C)[C@@H](CC[C@H]4[C@@]5(C)CC(=Cc6cccc([NH+]([O-])O)c6)C(=O)C(C)(C)[C@H]5CC[C@]43C)[C@H]12. The lowest BCUT2D eigenvalue weighted by Crippen LogP contribution is -2.99. The van der Waals surface area contributed by atoms with Gasteiger partial charge in [0.15, 0.2) is 11.5 Å². The Morgan fingerprint density at radius 1 is 1.00 bits per heavy atom. The van der Waals surface area contributed by atoms with E-state index in [9.17, 15) is 25.1 Å². The highest BCUT2D eigenvalue weighted by atomic mass is 16.8. The number of ketones is 1. The minimum atomic E-state index is -0.967. The number of rotatable bonds is 4. The maximum atomic E-state index is 14.1. The number of aliphatic carboxylic acids is 1. The van der Waals surface area contributed by atoms with Gasteiger partial charge in [0, 0.05) is 17.5 Å². The molecule has 234 valence electrons. The Labute approximate surface area is 257 Å². The molecule has 3 N–H and O–H groups in total. The minimum Gasteiger partial charge on any atom is -0.595 e. The molecule has 0 aliphatic heterocycles. The summed E-state index contributed by atoms with van der Waals surface area (Å²) in [7, 11) is 0. The Kier molecular flexibility index (Phi) is 7.05. The molecule has 5 fully saturated rings. The molecule has 1 unspecified atom stereocenters. The molecule has 1 aromatic rings. The molecule has 0 bridgehead atoms. The van der Waals surface area contributed by atoms with Gasteiger partial charge in [-0.3, -0.25) is 9.59 Å². The summed E-state index contributed by atoms with van der Waals surface area (Å²) >= 11 is 0. The van der Waals surface area contributed by atoms with Crippen LogP contribution in [-0.4, -0.2) is 22.1 Å². The van der Waals surface area contributed by atoms with Crippen molar-refractivity contribution >= 4 is 23.5 Å². The molecule has 6 nitrogen and oxygen atoms in total. The molecule has 5 aliphatic carbocycles. The topological polar surface area (TPSA) is 102 Å². The van der Waals surface area contributed by atoms with Crippen LogP contribution < -0.4 is 5.23 Å². The van der Waals surface area contributed by atoms with Crippen molar-refractivity contribution in [2.45, 2.75) is 99.3 Å². The average molecular weight is 590 g/mol. The molecule has 1 aromatic carbocycles. The summed E-state index contributed by atoms with van der Waals surface area (Å²) in [5, 5.41) is 30.9. The zero-order chi connectivity index (χ0) is 31.3. The zero-order valence-electron chi connectivity index (χ0n) is 27.0. The molecule has 0 saturated heterocycles. The Morgan fingerprint density at radius 3 is 2.37 bits per heavy atom. The second-order valence-electron chi connectivity index (χ2n) is 16.5. The van der Waals surface area contributed by atoms with Crippen LogP contribution in [0.25, 0.3) is 6.08 Å². The fourth-order valence-corrected chi connectivity index (χ4v) is 12.5. The molecule has 43 heavy (non-hydrogen) atoms. The number of carboxylic acid groups (broad SMARTS) is 1. The summed E-state index contributed by atoms with van der Waals surface area (Å²) in [5.74, 6) is 1.06. The molecule has 6 rings (SSSR count). The summed E-state index contributed by atoms with van der Waals surface area (Å²) < 4.78 is 0. The van der Waals surface area contributed by atoms with Crippen LogP contribution >= 0.6 is 0 Å². The van der Waals surface area contributed by atoms with E-state index < -0.39 is 22.0 Å². The maximum Gasteiger partial charge on any atom is 0.309 e. The van der Waals surface area contributed by atoms with E-state index in [1.54, 1.807) is 18.2 Å². The summed E-state index contributed by atoms with van der Waals surface area (Å²) in [6.07, 6.45) is 10.2. The number of fused-ring (bicyclic) bond motifs is 7. The van der Waals surface area contributed by atoms with Gasteiger partial charge in [-0.1, -0.05) is 58.9 Å². The monoisotopic (exact) mass is 589 g/mol. The predicted octanol–water partition coefficient (Wildman–Crippen LogP) is 7.39. The van der Waals surface area contributed by atoms with E-state index in [2.05, 4.69) is 48.1 Å². The molecule has 0 amide bonds. The summed E-state index contributed by atoms with van der Waals surface area (Å²) in [4.78, 5) is 27.0. The van der Waals surface area contributed by atoms with E-state index in [4.69, 9.17) is 0 Å². The fraction of sp³-hybridized carbons (Fsp3) is 0.676. The van der Waals surface area contributed by atoms with E-state index >= 15 is 0 Å². The van der Waals surface area contributed by atoms with Gasteiger partial charge in [-0.2, -0.15) is 5.23 Å². The van der Waals surface area contributed by atoms with Gasteiger partial charge >= 0.3 is 5.97 Å². The third-order valence-electron chi connectivity index (χ3n) is 14.6. The van der Waals surface area contributed by atoms with Crippen molar-refractivity contribution in [3.05, 3.63) is 52.8 Å². The minimum absolute atomic E-state index is 0.0247. The maximum absolute atomic E-state index is 14.1. The van der Waals surface area contributed by atoms with Crippen molar-refractivity contribution in [1.82, 2.24) is 0 Å². The number of Topliss-reactive ketones (excluding diaryl/α,β-unsaturated/α-hetero) is 1. The van der Waals surface area contributed by atoms with Gasteiger partial charge in [-0.05, 0) is 128 Å². The number of quaternary nitrogens is 1. The first kappa shape index (κ1) is 30.7. The Hall–Kier alpha value is -2.28. The standard InChI is InChI=1S/C37H51NO5/c1-22(2)26-13-16-37(32(40)41)18-17-35(6)27(30(26)37)11-12-29-34(5)21-24(19-23-9-8-10-25(20-23)38(42)43)31(39)33(3,4)28(34)14-15-36(29,35)7/h8-10,19-20,26-30,38,42H,1,11-18,21H2,2-7H3,(H,40,41)/t26-,27+,28-,29+,30+,34+,35-,36-,37-/m1/s1. The Bertz CT molecular complexity index is 1390. The molecular weight excluding hydrogens is 538 g/mol. The molecule has 6 heteroatoms. The fourth-order valence-electron chi connectivity index (χ4n) is 12.5. The predicted molar refractivity (Wildman–Crippen MR) is 167 cm³/mol. The van der Waals surface area contributed by atoms with Crippen molar-refractivity contribution in [1.29, 1.82) is 0 Å². The van der Waals surface area contributed by atoms with Crippen LogP contribution in [0.3, 0.4) is 0 Å². The molecule has 5 aliphatic rings. The van der Waals surface area contributed by atoms with Crippen LogP contribution in [-0.2, 0) is 9.59 Å². The third-order valence-corrected chi connectivity index (χ3v) is 14.6. The largest absolute Gasteiger partial charge is 0.595 e. The molecule has 10 atom stereocenters. The lowest BCUT2D eigenvalue weighted by Gasteiger charge is -2.72. The highest BCUT2D eigenvalue weighted by Gasteiger charge is 2.72. The van der Waals surface area contributed by atoms with Crippen molar-refractivity contribution < 1.29 is 25.1 Å². The number of carbonyl (C=O) groups is 2. The van der Waals surface area contributed by atoms with E-state index in [1.807, 2.05) is 12.1 Å². The highest BCUT2D eigenvalue weighted by molar-refractivity contribution is 6.04. The lowest BCUT2D eigenvalue weighted by molar-refractivity contribution is -0.991. The lowest BCUT2D eigenvalue weighted by atomic mass is 9.32. The van der Waals surface area contributed by atoms with Crippen molar-refractivity contribution in [3.63, 3.8) is 0 Å². The van der Waals surface area contributed by atoms with Gasteiger partial charge in [-0.15, -0.1) is 0 Å². The molecule has 0 heterocycles. The van der Waals surface area contributed by atoms with Gasteiger partial charge in [-0.25, -0.2) is 5.21 Å². The van der Waals surface area contributed by atoms with E-state index in [1.165, 1.54) is 0 Å². The molecule has 0 spiro atoms. The van der Waals surface area contributed by atoms with Crippen molar-refractivity contribution in [2.75, 3.05) is 0 Å². The van der Waals surface area contributed by atoms with Crippen LogP contribution in [0.4, 0.5) is 5.69 Å². The normalized spacial score (nSPS) is 45.0.